The molecule has 110 valence electrons. The van der Waals surface area contributed by atoms with Crippen LogP contribution < -0.4 is 5.73 Å². The third-order valence-corrected chi connectivity index (χ3v) is 4.80. The standard InChI is InChI=1S/C15H14ClFN2OS/c16-11-2-1-3-12(17)10(11)8-19(9-4-5-9)15(20)14-13(18)6-7-21-14/h1-3,6-7,9H,4-5,8,18H2. The van der Waals surface area contributed by atoms with Gasteiger partial charge in [-0.1, -0.05) is 17.7 Å². The second-order valence-electron chi connectivity index (χ2n) is 5.07. The van der Waals surface area contributed by atoms with Crippen LogP contribution in [0.2, 0.25) is 5.02 Å². The Kier molecular flexibility index (Phi) is 3.87. The molecule has 0 spiro atoms. The van der Waals surface area contributed by atoms with Gasteiger partial charge in [-0.15, -0.1) is 11.3 Å². The molecule has 3 nitrogen and oxygen atoms in total. The molecule has 2 N–H and O–H groups in total. The molecule has 2 aromatic rings. The van der Waals surface area contributed by atoms with E-state index in [0.29, 0.717) is 21.2 Å². The topological polar surface area (TPSA) is 46.3 Å². The van der Waals surface area contributed by atoms with Gasteiger partial charge in [-0.3, -0.25) is 4.79 Å². The van der Waals surface area contributed by atoms with Crippen molar-refractivity contribution in [1.29, 1.82) is 0 Å². The molecular formula is C15H14ClFN2OS. The first-order valence-electron chi connectivity index (χ1n) is 6.64. The van der Waals surface area contributed by atoms with Gasteiger partial charge >= 0.3 is 0 Å². The minimum Gasteiger partial charge on any atom is -0.397 e. The summed E-state index contributed by atoms with van der Waals surface area (Å²) in [5, 5.41) is 2.12. The van der Waals surface area contributed by atoms with E-state index >= 15 is 0 Å². The normalized spacial score (nSPS) is 14.2. The molecule has 1 fully saturated rings. The predicted octanol–water partition coefficient (Wildman–Crippen LogP) is 3.93. The fourth-order valence-corrected chi connectivity index (χ4v) is 3.23. The second kappa shape index (κ2) is 5.66. The minimum absolute atomic E-state index is 0.148. The Morgan fingerprint density at radius 1 is 1.43 bits per heavy atom. The Morgan fingerprint density at radius 2 is 2.19 bits per heavy atom. The number of nitrogens with two attached hydrogens (primary N) is 1. The molecule has 0 radical (unpaired) electrons. The van der Waals surface area contributed by atoms with E-state index in [1.165, 1.54) is 17.4 Å². The fourth-order valence-electron chi connectivity index (χ4n) is 2.23. The van der Waals surface area contributed by atoms with Gasteiger partial charge in [-0.05, 0) is 36.4 Å². The Bertz CT molecular complexity index is 664. The van der Waals surface area contributed by atoms with Gasteiger partial charge in [0.15, 0.2) is 0 Å². The highest BCUT2D eigenvalue weighted by Gasteiger charge is 2.35. The predicted molar refractivity (Wildman–Crippen MR) is 83.0 cm³/mol. The van der Waals surface area contributed by atoms with Gasteiger partial charge in [0.25, 0.3) is 5.91 Å². The van der Waals surface area contributed by atoms with Crippen LogP contribution in [0, 0.1) is 5.82 Å². The van der Waals surface area contributed by atoms with E-state index in [4.69, 9.17) is 17.3 Å². The van der Waals surface area contributed by atoms with Crippen molar-refractivity contribution >= 4 is 34.5 Å². The number of carbonyl (C=O) groups excluding carboxylic acids is 1. The summed E-state index contributed by atoms with van der Waals surface area (Å²) < 4.78 is 13.9. The Hall–Kier alpha value is -1.59. The zero-order valence-electron chi connectivity index (χ0n) is 11.2. The number of halogens is 2. The van der Waals surface area contributed by atoms with Crippen LogP contribution in [0.4, 0.5) is 10.1 Å². The number of nitrogen functional groups attached to an aromatic ring is 1. The average Bonchev–Trinajstić information content (AvgIpc) is 3.19. The minimum atomic E-state index is -0.389. The van der Waals surface area contributed by atoms with Crippen molar-refractivity contribution in [1.82, 2.24) is 4.90 Å². The first-order valence-corrected chi connectivity index (χ1v) is 7.90. The lowest BCUT2D eigenvalue weighted by molar-refractivity contribution is 0.0734. The lowest BCUT2D eigenvalue weighted by atomic mass is 10.2. The van der Waals surface area contributed by atoms with Crippen LogP contribution in [0.25, 0.3) is 0 Å². The molecule has 0 aliphatic heterocycles. The Labute approximate surface area is 131 Å². The number of anilines is 1. The summed E-state index contributed by atoms with van der Waals surface area (Å²) in [6, 6.07) is 6.40. The zero-order valence-corrected chi connectivity index (χ0v) is 12.8. The van der Waals surface area contributed by atoms with Crippen molar-refractivity contribution in [3.63, 3.8) is 0 Å². The van der Waals surface area contributed by atoms with Crippen LogP contribution in [-0.2, 0) is 6.54 Å². The molecule has 0 saturated heterocycles. The van der Waals surface area contributed by atoms with Crippen LogP contribution >= 0.6 is 22.9 Å². The molecule has 6 heteroatoms. The van der Waals surface area contributed by atoms with E-state index in [2.05, 4.69) is 0 Å². The summed E-state index contributed by atoms with van der Waals surface area (Å²) >= 11 is 7.37. The number of hydrogen-bond acceptors (Lipinski definition) is 3. The smallest absolute Gasteiger partial charge is 0.266 e. The van der Waals surface area contributed by atoms with Crippen LogP contribution in [0.3, 0.4) is 0 Å². The average molecular weight is 325 g/mol. The van der Waals surface area contributed by atoms with Crippen LogP contribution in [0.15, 0.2) is 29.6 Å². The van der Waals surface area contributed by atoms with Crippen LogP contribution in [0.1, 0.15) is 28.1 Å². The molecule has 1 heterocycles. The highest BCUT2D eigenvalue weighted by Crippen LogP contribution is 2.33. The summed E-state index contributed by atoms with van der Waals surface area (Å²) in [6.45, 7) is 0.173. The maximum Gasteiger partial charge on any atom is 0.266 e. The largest absolute Gasteiger partial charge is 0.397 e. The monoisotopic (exact) mass is 324 g/mol. The molecule has 0 unspecified atom stereocenters. The van der Waals surface area contributed by atoms with Crippen molar-refractivity contribution in [2.24, 2.45) is 0 Å². The molecule has 1 aliphatic carbocycles. The number of benzene rings is 1. The number of nitrogens with zero attached hydrogens (tertiary/aromatic N) is 1. The number of thiophene rings is 1. The Balaban J connectivity index is 1.89. The van der Waals surface area contributed by atoms with Gasteiger partial charge in [-0.25, -0.2) is 4.39 Å². The molecule has 3 rings (SSSR count). The summed E-state index contributed by atoms with van der Waals surface area (Å²) in [5.41, 5.74) is 6.64. The van der Waals surface area contributed by atoms with Gasteiger partial charge in [0.05, 0.1) is 12.2 Å². The number of carbonyl (C=O) groups is 1. The Morgan fingerprint density at radius 3 is 2.76 bits per heavy atom. The third kappa shape index (κ3) is 2.89. The van der Waals surface area contributed by atoms with Gasteiger partial charge in [-0.2, -0.15) is 0 Å². The summed E-state index contributed by atoms with van der Waals surface area (Å²) in [6.07, 6.45) is 1.87. The maximum atomic E-state index is 13.9. The first kappa shape index (κ1) is 14.4. The number of amides is 1. The van der Waals surface area contributed by atoms with Crippen molar-refractivity contribution in [2.75, 3.05) is 5.73 Å². The van der Waals surface area contributed by atoms with Gasteiger partial charge in [0.1, 0.15) is 10.7 Å². The SMILES string of the molecule is Nc1ccsc1C(=O)N(Cc1c(F)cccc1Cl)C1CC1. The number of rotatable bonds is 4. The zero-order chi connectivity index (χ0) is 15.0. The molecule has 1 aromatic carbocycles. The quantitative estimate of drug-likeness (QED) is 0.926. The lowest BCUT2D eigenvalue weighted by Gasteiger charge is -2.23. The van der Waals surface area contributed by atoms with Gasteiger partial charge < -0.3 is 10.6 Å². The maximum absolute atomic E-state index is 13.9. The molecular weight excluding hydrogens is 311 g/mol. The fraction of sp³-hybridized carbons (Fsp3) is 0.267. The van der Waals surface area contributed by atoms with Crippen molar-refractivity contribution in [3.8, 4) is 0 Å². The molecule has 1 amide bonds. The van der Waals surface area contributed by atoms with Crippen molar-refractivity contribution in [3.05, 3.63) is 50.9 Å². The van der Waals surface area contributed by atoms with E-state index in [1.807, 2.05) is 0 Å². The molecule has 0 atom stereocenters. The molecule has 1 saturated carbocycles. The summed E-state index contributed by atoms with van der Waals surface area (Å²) in [5.74, 6) is -0.538. The highest BCUT2D eigenvalue weighted by molar-refractivity contribution is 7.12. The third-order valence-electron chi connectivity index (χ3n) is 3.53. The van der Waals surface area contributed by atoms with E-state index in [-0.39, 0.29) is 24.3 Å². The molecule has 1 aromatic heterocycles. The van der Waals surface area contributed by atoms with E-state index in [9.17, 15) is 9.18 Å². The first-order chi connectivity index (χ1) is 10.1. The van der Waals surface area contributed by atoms with Gasteiger partial charge in [0, 0.05) is 16.6 Å². The molecule has 21 heavy (non-hydrogen) atoms. The van der Waals surface area contributed by atoms with Crippen molar-refractivity contribution < 1.29 is 9.18 Å². The highest BCUT2D eigenvalue weighted by atomic mass is 35.5. The summed E-state index contributed by atoms with van der Waals surface area (Å²) in [4.78, 5) is 14.8. The van der Waals surface area contributed by atoms with Crippen LogP contribution in [-0.4, -0.2) is 16.8 Å². The van der Waals surface area contributed by atoms with E-state index < -0.39 is 0 Å². The van der Waals surface area contributed by atoms with E-state index in [0.717, 1.165) is 12.8 Å². The molecule has 0 bridgehead atoms. The molecule has 1 aliphatic rings. The number of hydrogen-bond donors (Lipinski definition) is 1. The van der Waals surface area contributed by atoms with Crippen molar-refractivity contribution in [2.45, 2.75) is 25.4 Å². The summed E-state index contributed by atoms with van der Waals surface area (Å²) in [7, 11) is 0. The lowest BCUT2D eigenvalue weighted by Crippen LogP contribution is -2.33. The van der Waals surface area contributed by atoms with E-state index in [1.54, 1.807) is 28.5 Å². The second-order valence-corrected chi connectivity index (χ2v) is 6.39. The van der Waals surface area contributed by atoms with Crippen LogP contribution in [0.5, 0.6) is 0 Å². The van der Waals surface area contributed by atoms with Gasteiger partial charge in [0.2, 0.25) is 0 Å².